The molecule has 6 rings (SSSR count). The van der Waals surface area contributed by atoms with Crippen LogP contribution < -0.4 is 0 Å². The third kappa shape index (κ3) is 1.84. The van der Waals surface area contributed by atoms with Crippen LogP contribution in [0.1, 0.15) is 67.2 Å². The minimum absolute atomic E-state index is 0.438. The lowest BCUT2D eigenvalue weighted by atomic mass is 9.30. The van der Waals surface area contributed by atoms with E-state index in [1.54, 1.807) is 0 Å². The van der Waals surface area contributed by atoms with E-state index in [-0.39, 0.29) is 0 Å². The molecule has 6 saturated carbocycles. The zero-order valence-corrected chi connectivity index (χ0v) is 16.2. The average molecular weight is 321 g/mol. The first-order valence-corrected chi connectivity index (χ1v) is 10.2. The van der Waals surface area contributed by atoms with Gasteiger partial charge in [0.2, 0.25) is 0 Å². The van der Waals surface area contributed by atoms with Crippen LogP contribution in [0.3, 0.4) is 0 Å². The van der Waals surface area contributed by atoms with Gasteiger partial charge in [0.1, 0.15) is 0 Å². The van der Waals surface area contributed by atoms with Crippen molar-refractivity contribution >= 4 is 17.6 Å². The van der Waals surface area contributed by atoms with E-state index in [1.165, 1.54) is 25.7 Å². The summed E-state index contributed by atoms with van der Waals surface area (Å²) in [6.45, 7) is 15.0. The van der Waals surface area contributed by atoms with Crippen molar-refractivity contribution in [2.24, 2.45) is 46.3 Å². The molecule has 0 N–H and O–H groups in total. The van der Waals surface area contributed by atoms with Gasteiger partial charge in [-0.1, -0.05) is 54.4 Å². The lowest BCUT2D eigenvalue weighted by Crippen LogP contribution is -2.58. The van der Waals surface area contributed by atoms with Gasteiger partial charge in [-0.3, -0.25) is 0 Å². The van der Waals surface area contributed by atoms with Gasteiger partial charge in [-0.15, -0.1) is 0 Å². The molecule has 0 aromatic carbocycles. The van der Waals surface area contributed by atoms with Crippen LogP contribution in [0.4, 0.5) is 0 Å². The van der Waals surface area contributed by atoms with E-state index in [9.17, 15) is 0 Å². The first-order valence-electron chi connectivity index (χ1n) is 9.79. The Hall–Kier alpha value is 0.355. The maximum absolute atomic E-state index is 7.19. The highest BCUT2D eigenvalue weighted by molar-refractivity contribution is 7.08. The summed E-state index contributed by atoms with van der Waals surface area (Å²) in [5.74, 6) is 7.00. The van der Waals surface area contributed by atoms with E-state index in [1.807, 2.05) is 0 Å². The van der Waals surface area contributed by atoms with Crippen LogP contribution in [-0.2, 0) is 0 Å². The topological polar surface area (TPSA) is 0 Å². The van der Waals surface area contributed by atoms with Gasteiger partial charge >= 0.3 is 0 Å². The Morgan fingerprint density at radius 2 is 1.09 bits per heavy atom. The third-order valence-corrected chi connectivity index (χ3v) is 10.3. The molecule has 8 atom stereocenters. The minimum Gasteiger partial charge on any atom is -0.195 e. The van der Waals surface area contributed by atoms with E-state index >= 15 is 0 Å². The van der Waals surface area contributed by atoms with Gasteiger partial charge in [0.05, 0.1) is 0 Å². The monoisotopic (exact) mass is 320 g/mol. The summed E-state index contributed by atoms with van der Waals surface area (Å²) in [6, 6.07) is 0. The van der Waals surface area contributed by atoms with Gasteiger partial charge in [-0.2, -0.15) is 11.5 Å². The van der Waals surface area contributed by atoms with E-state index in [0.717, 1.165) is 47.1 Å². The Bertz CT molecular complexity index is 428. The standard InChI is InChI=1S/C20H34BCl/c1-11-15-7-13(19(15,3)4)9-17(11)21(22)18-10-14-8-16(12(18)2)20(14,5)6/h11-18H,7-10H2,1-6H3/t11?,12?,13-,14-,15+,16+,17?,18?/m0/s1. The molecule has 0 heterocycles. The molecule has 6 aliphatic rings. The van der Waals surface area contributed by atoms with Crippen molar-refractivity contribution in [1.29, 1.82) is 0 Å². The number of hydrogen-bond acceptors (Lipinski definition) is 0. The summed E-state index contributed by atoms with van der Waals surface area (Å²) in [4.78, 5) is 0. The molecule has 6 fully saturated rings. The maximum Gasteiger partial charge on any atom is 0.257 e. The molecule has 0 saturated heterocycles. The van der Waals surface area contributed by atoms with Crippen LogP contribution in [0.25, 0.3) is 0 Å². The Balaban J connectivity index is 1.49. The normalized spacial score (nSPS) is 54.1. The molecule has 0 amide bonds. The quantitative estimate of drug-likeness (QED) is 0.519. The molecule has 22 heavy (non-hydrogen) atoms. The van der Waals surface area contributed by atoms with Crippen LogP contribution in [0.2, 0.25) is 11.6 Å². The molecule has 0 radical (unpaired) electrons. The van der Waals surface area contributed by atoms with Crippen molar-refractivity contribution in [3.63, 3.8) is 0 Å². The summed E-state index contributed by atoms with van der Waals surface area (Å²) in [5, 5.41) is 0. The van der Waals surface area contributed by atoms with Gasteiger partial charge in [0, 0.05) is 0 Å². The largest absolute Gasteiger partial charge is 0.257 e. The summed E-state index contributed by atoms with van der Waals surface area (Å²) >= 11 is 7.19. The lowest BCUT2D eigenvalue weighted by Gasteiger charge is -2.65. The fraction of sp³-hybridized carbons (Fsp3) is 1.00. The van der Waals surface area contributed by atoms with Gasteiger partial charge < -0.3 is 0 Å². The van der Waals surface area contributed by atoms with Crippen LogP contribution in [-0.4, -0.2) is 6.13 Å². The van der Waals surface area contributed by atoms with Crippen LogP contribution in [0, 0.1) is 46.3 Å². The highest BCUT2D eigenvalue weighted by atomic mass is 35.5. The zero-order valence-electron chi connectivity index (χ0n) is 15.4. The molecule has 6 aliphatic carbocycles. The van der Waals surface area contributed by atoms with E-state index in [0.29, 0.717) is 17.0 Å². The first kappa shape index (κ1) is 15.9. The SMILES string of the molecule is CC1C(B(Cl)C2C[C@@H]3C[C@H](C2C)C3(C)C)C[C@@H]2C[C@H]1C2(C)C. The third-order valence-electron chi connectivity index (χ3n) is 9.64. The van der Waals surface area contributed by atoms with Crippen molar-refractivity contribution < 1.29 is 0 Å². The molecule has 0 nitrogen and oxygen atoms in total. The maximum atomic E-state index is 7.19. The summed E-state index contributed by atoms with van der Waals surface area (Å²) in [7, 11) is 0. The molecule has 4 unspecified atom stereocenters. The van der Waals surface area contributed by atoms with Gasteiger partial charge in [-0.05, 0) is 70.8 Å². The Morgan fingerprint density at radius 3 is 1.36 bits per heavy atom. The van der Waals surface area contributed by atoms with Gasteiger partial charge in [0.15, 0.2) is 0 Å². The smallest absolute Gasteiger partial charge is 0.195 e. The second-order valence-corrected chi connectivity index (χ2v) is 11.2. The molecule has 0 aliphatic heterocycles. The Kier molecular flexibility index (Phi) is 3.39. The molecule has 0 aromatic rings. The fourth-order valence-electron chi connectivity index (χ4n) is 7.54. The van der Waals surface area contributed by atoms with E-state index < -0.39 is 0 Å². The minimum atomic E-state index is 0.438. The molecule has 0 aromatic heterocycles. The second-order valence-electron chi connectivity index (χ2n) is 10.7. The first-order chi connectivity index (χ1) is 10.2. The van der Waals surface area contributed by atoms with Gasteiger partial charge in [0.25, 0.3) is 6.13 Å². The van der Waals surface area contributed by atoms with E-state index in [4.69, 9.17) is 11.5 Å². The fourth-order valence-corrected chi connectivity index (χ4v) is 8.20. The van der Waals surface area contributed by atoms with Crippen molar-refractivity contribution in [2.45, 2.75) is 78.9 Å². The molecule has 4 bridgehead atoms. The van der Waals surface area contributed by atoms with Gasteiger partial charge in [-0.25, -0.2) is 0 Å². The second kappa shape index (κ2) is 4.71. The van der Waals surface area contributed by atoms with Crippen molar-refractivity contribution in [3.05, 3.63) is 0 Å². The Morgan fingerprint density at radius 1 is 0.727 bits per heavy atom. The number of hydrogen-bond donors (Lipinski definition) is 0. The highest BCUT2D eigenvalue weighted by Gasteiger charge is 2.62. The van der Waals surface area contributed by atoms with Crippen LogP contribution >= 0.6 is 11.5 Å². The summed E-state index contributed by atoms with van der Waals surface area (Å²) in [5.41, 5.74) is 1.18. The lowest BCUT2D eigenvalue weighted by molar-refractivity contribution is -0.106. The summed E-state index contributed by atoms with van der Waals surface area (Å²) in [6.07, 6.45) is 6.20. The molecular formula is C20H34BCl. The van der Waals surface area contributed by atoms with Crippen molar-refractivity contribution in [3.8, 4) is 0 Å². The van der Waals surface area contributed by atoms with Crippen molar-refractivity contribution in [1.82, 2.24) is 0 Å². The zero-order chi connectivity index (χ0) is 16.0. The molecule has 2 heteroatoms. The number of halogens is 1. The predicted octanol–water partition coefficient (Wildman–Crippen LogP) is 6.36. The molecule has 124 valence electrons. The number of rotatable bonds is 2. The van der Waals surface area contributed by atoms with Crippen LogP contribution in [0.15, 0.2) is 0 Å². The van der Waals surface area contributed by atoms with E-state index in [2.05, 4.69) is 41.5 Å². The van der Waals surface area contributed by atoms with Crippen LogP contribution in [0.5, 0.6) is 0 Å². The Labute approximate surface area is 143 Å². The highest BCUT2D eigenvalue weighted by Crippen LogP contribution is 2.69. The molecule has 0 spiro atoms. The molecular weight excluding hydrogens is 286 g/mol. The summed E-state index contributed by atoms with van der Waals surface area (Å²) < 4.78 is 0. The number of fused-ring (bicyclic) bond motifs is 4. The average Bonchev–Trinajstić information content (AvgIpc) is 2.45. The van der Waals surface area contributed by atoms with Crippen molar-refractivity contribution in [2.75, 3.05) is 0 Å². The predicted molar refractivity (Wildman–Crippen MR) is 97.4 cm³/mol.